The number of carbonyl (C=O) groups is 2. The SMILES string of the molecule is CCN1CCN(c2cc(NC(=O)Cn3cc(-c4cc(C(N)=O)c(O)c5c4OCO5)c4c(=O)n5c(nc43)CCC5)c(Cl)c(F)n2)[C@@H](C)C1. The number of carbonyl (C=O) groups excluding carboxylic acids is 2. The van der Waals surface area contributed by atoms with Crippen LogP contribution in [0, 0.1) is 5.95 Å². The summed E-state index contributed by atoms with van der Waals surface area (Å²) in [4.78, 5) is 52.7. The molecule has 3 aliphatic heterocycles. The Morgan fingerprint density at radius 2 is 1.96 bits per heavy atom. The highest BCUT2D eigenvalue weighted by atomic mass is 35.5. The Morgan fingerprint density at radius 1 is 1.17 bits per heavy atom. The standard InChI is InChI=1S/C31H32ClFN8O6/c1-3-38-7-8-40(15(2)11-38)21-10-19(24(32)28(33)36-21)35-22(42)13-39-12-18(23-30(39)37-20-5-4-6-41(20)31(23)45)16-9-17(29(34)44)25(43)27-26(16)46-14-47-27/h9-10,12,15,43H,3-8,11,13-14H2,1-2H3,(H2,34,44)(H,35,36,42)/t15-/m0/s1. The van der Waals surface area contributed by atoms with Gasteiger partial charge in [0.05, 0.1) is 16.6 Å². The minimum atomic E-state index is -0.914. The predicted molar refractivity (Wildman–Crippen MR) is 171 cm³/mol. The van der Waals surface area contributed by atoms with E-state index in [1.165, 1.54) is 10.6 Å². The zero-order valence-corrected chi connectivity index (χ0v) is 26.4. The number of aromatic hydroxyl groups is 1. The van der Waals surface area contributed by atoms with Gasteiger partial charge < -0.3 is 35.1 Å². The number of pyridine rings is 1. The number of nitrogens with one attached hydrogen (secondary N) is 1. The first kappa shape index (κ1) is 30.7. The number of ether oxygens (including phenoxy) is 2. The molecule has 1 aromatic carbocycles. The van der Waals surface area contributed by atoms with E-state index in [-0.39, 0.29) is 69.3 Å². The lowest BCUT2D eigenvalue weighted by Gasteiger charge is -2.40. The first-order valence-electron chi connectivity index (χ1n) is 15.3. The van der Waals surface area contributed by atoms with Crippen LogP contribution in [0.15, 0.2) is 23.1 Å². The molecule has 246 valence electrons. The van der Waals surface area contributed by atoms with Crippen molar-refractivity contribution in [2.45, 2.75) is 45.8 Å². The molecule has 3 aliphatic rings. The number of likely N-dealkylation sites (N-methyl/N-ethyl adjacent to an activating group) is 1. The third kappa shape index (κ3) is 5.19. The number of hydrogen-bond acceptors (Lipinski definition) is 10. The molecule has 1 saturated heterocycles. The van der Waals surface area contributed by atoms with Gasteiger partial charge in [-0.1, -0.05) is 18.5 Å². The molecule has 16 heteroatoms. The summed E-state index contributed by atoms with van der Waals surface area (Å²) in [6.07, 6.45) is 2.85. The topological polar surface area (TPSA) is 170 Å². The van der Waals surface area contributed by atoms with Crippen LogP contribution in [0.4, 0.5) is 15.9 Å². The summed E-state index contributed by atoms with van der Waals surface area (Å²) < 4.78 is 29.1. The highest BCUT2D eigenvalue weighted by molar-refractivity contribution is 6.33. The number of aromatic nitrogens is 4. The molecule has 3 aromatic heterocycles. The number of fused-ring (bicyclic) bond motifs is 3. The summed E-state index contributed by atoms with van der Waals surface area (Å²) in [6.45, 7) is 7.15. The number of primary amides is 1. The maximum Gasteiger partial charge on any atom is 0.263 e. The molecule has 0 unspecified atom stereocenters. The van der Waals surface area contributed by atoms with Crippen LogP contribution in [0.5, 0.6) is 17.2 Å². The van der Waals surface area contributed by atoms with Crippen LogP contribution in [0.25, 0.3) is 22.2 Å². The van der Waals surface area contributed by atoms with Gasteiger partial charge in [-0.15, -0.1) is 0 Å². The van der Waals surface area contributed by atoms with Crippen LogP contribution in [0.1, 0.15) is 36.5 Å². The fourth-order valence-corrected chi connectivity index (χ4v) is 6.77. The lowest BCUT2D eigenvalue weighted by molar-refractivity contribution is -0.116. The Bertz CT molecular complexity index is 2030. The van der Waals surface area contributed by atoms with Crippen molar-refractivity contribution in [3.63, 3.8) is 0 Å². The Morgan fingerprint density at radius 3 is 2.70 bits per heavy atom. The van der Waals surface area contributed by atoms with Crippen molar-refractivity contribution in [3.8, 4) is 28.4 Å². The van der Waals surface area contributed by atoms with Gasteiger partial charge in [-0.3, -0.25) is 23.9 Å². The van der Waals surface area contributed by atoms with Crippen LogP contribution in [-0.2, 0) is 24.3 Å². The third-order valence-electron chi connectivity index (χ3n) is 8.95. The Hall–Kier alpha value is -4.89. The first-order chi connectivity index (χ1) is 22.5. The largest absolute Gasteiger partial charge is 0.504 e. The summed E-state index contributed by atoms with van der Waals surface area (Å²) in [5.41, 5.74) is 5.82. The summed E-state index contributed by atoms with van der Waals surface area (Å²) in [5, 5.41) is 13.2. The smallest absolute Gasteiger partial charge is 0.263 e. The maximum atomic E-state index is 15.0. The summed E-state index contributed by atoms with van der Waals surface area (Å²) in [6, 6.07) is 2.94. The second-order valence-corrected chi connectivity index (χ2v) is 12.2. The van der Waals surface area contributed by atoms with E-state index in [1.807, 2.05) is 11.8 Å². The van der Waals surface area contributed by atoms with Gasteiger partial charge in [0, 0.05) is 62.0 Å². The molecule has 7 rings (SSSR count). The summed E-state index contributed by atoms with van der Waals surface area (Å²) in [7, 11) is 0. The molecule has 1 atom stereocenters. The van der Waals surface area contributed by atoms with Crippen LogP contribution in [0.2, 0.25) is 5.02 Å². The molecular weight excluding hydrogens is 635 g/mol. The van der Waals surface area contributed by atoms with Crippen molar-refractivity contribution < 1.29 is 28.6 Å². The quantitative estimate of drug-likeness (QED) is 0.249. The number of hydrogen-bond donors (Lipinski definition) is 3. The number of halogens is 2. The molecule has 4 N–H and O–H groups in total. The Balaban J connectivity index is 1.27. The molecule has 1 fully saturated rings. The van der Waals surface area contributed by atoms with Crippen molar-refractivity contribution in [3.05, 3.63) is 51.0 Å². The van der Waals surface area contributed by atoms with E-state index in [4.69, 9.17) is 31.8 Å². The minimum Gasteiger partial charge on any atom is -0.504 e. The van der Waals surface area contributed by atoms with Gasteiger partial charge in [-0.25, -0.2) is 9.97 Å². The van der Waals surface area contributed by atoms with E-state index >= 15 is 0 Å². The molecule has 0 bridgehead atoms. The number of anilines is 2. The molecule has 0 aliphatic carbocycles. The van der Waals surface area contributed by atoms with Gasteiger partial charge in [0.15, 0.2) is 11.5 Å². The van der Waals surface area contributed by atoms with E-state index < -0.39 is 23.5 Å². The van der Waals surface area contributed by atoms with Crippen LogP contribution in [0.3, 0.4) is 0 Å². The fraction of sp³-hybridized carbons (Fsp3) is 0.387. The lowest BCUT2D eigenvalue weighted by Crippen LogP contribution is -2.52. The van der Waals surface area contributed by atoms with Crippen molar-refractivity contribution >= 4 is 46.0 Å². The van der Waals surface area contributed by atoms with Crippen molar-refractivity contribution in [2.75, 3.05) is 43.2 Å². The summed E-state index contributed by atoms with van der Waals surface area (Å²) >= 11 is 6.28. The normalized spacial score (nSPS) is 17.4. The number of aryl methyl sites for hydroxylation is 1. The number of nitrogens with two attached hydrogens (primary N) is 1. The number of nitrogens with zero attached hydrogens (tertiary/aromatic N) is 6. The number of phenols is 1. The number of benzene rings is 1. The van der Waals surface area contributed by atoms with Crippen molar-refractivity contribution in [1.82, 2.24) is 24.0 Å². The Kier molecular flexibility index (Phi) is 7.67. The molecule has 14 nitrogen and oxygen atoms in total. The zero-order valence-electron chi connectivity index (χ0n) is 25.7. The monoisotopic (exact) mass is 666 g/mol. The van der Waals surface area contributed by atoms with Crippen molar-refractivity contribution in [1.29, 1.82) is 0 Å². The van der Waals surface area contributed by atoms with Gasteiger partial charge in [0.25, 0.3) is 11.5 Å². The minimum absolute atomic E-state index is 0.0581. The van der Waals surface area contributed by atoms with E-state index in [2.05, 4.69) is 22.1 Å². The fourth-order valence-electron chi connectivity index (χ4n) is 6.62. The van der Waals surface area contributed by atoms with Gasteiger partial charge in [-0.2, -0.15) is 4.39 Å². The first-order valence-corrected chi connectivity index (χ1v) is 15.7. The second-order valence-electron chi connectivity index (χ2n) is 11.8. The zero-order chi connectivity index (χ0) is 33.1. The van der Waals surface area contributed by atoms with Gasteiger partial charge >= 0.3 is 0 Å². The molecular formula is C31H32ClFN8O6. The number of piperazine rings is 1. The second kappa shape index (κ2) is 11.7. The van der Waals surface area contributed by atoms with Gasteiger partial charge in [0.1, 0.15) is 28.9 Å². The van der Waals surface area contributed by atoms with E-state index in [1.54, 1.807) is 16.8 Å². The lowest BCUT2D eigenvalue weighted by atomic mass is 10.00. The molecule has 2 amide bonds. The Labute approximate surface area is 272 Å². The number of rotatable bonds is 7. The average Bonchev–Trinajstić information content (AvgIpc) is 3.79. The van der Waals surface area contributed by atoms with Crippen molar-refractivity contribution in [2.24, 2.45) is 5.73 Å². The molecule has 0 spiro atoms. The van der Waals surface area contributed by atoms with E-state index in [0.29, 0.717) is 36.7 Å². The highest BCUT2D eigenvalue weighted by Gasteiger charge is 2.32. The molecule has 0 radical (unpaired) electrons. The predicted octanol–water partition coefficient (Wildman–Crippen LogP) is 2.70. The van der Waals surface area contributed by atoms with E-state index in [9.17, 15) is 23.9 Å². The third-order valence-corrected chi connectivity index (χ3v) is 9.31. The van der Waals surface area contributed by atoms with Crippen LogP contribution < -0.4 is 31.0 Å². The van der Waals surface area contributed by atoms with Gasteiger partial charge in [0.2, 0.25) is 24.4 Å². The molecule has 4 aromatic rings. The average molecular weight is 667 g/mol. The van der Waals surface area contributed by atoms with E-state index in [0.717, 1.165) is 26.1 Å². The highest BCUT2D eigenvalue weighted by Crippen LogP contribution is 2.50. The summed E-state index contributed by atoms with van der Waals surface area (Å²) in [5.74, 6) is -1.90. The molecule has 6 heterocycles. The molecule has 0 saturated carbocycles. The van der Waals surface area contributed by atoms with Crippen LogP contribution >= 0.6 is 11.6 Å². The van der Waals surface area contributed by atoms with Gasteiger partial charge in [-0.05, 0) is 26.0 Å². The van der Waals surface area contributed by atoms with Crippen LogP contribution in [-0.4, -0.2) is 79.9 Å². The molecule has 47 heavy (non-hydrogen) atoms. The number of amides is 2. The maximum absolute atomic E-state index is 15.0.